The number of nitrogens with zero attached hydrogens (tertiary/aromatic N) is 2. The molecule has 0 fully saturated rings. The van der Waals surface area contributed by atoms with Crippen LogP contribution in [0.5, 0.6) is 0 Å². The number of carbonyl (C=O) groups excluding carboxylic acids is 1. The Morgan fingerprint density at radius 3 is 2.75 bits per heavy atom. The van der Waals surface area contributed by atoms with Crippen LogP contribution in [-0.2, 0) is 11.3 Å². The van der Waals surface area contributed by atoms with Gasteiger partial charge in [0.2, 0.25) is 5.91 Å². The van der Waals surface area contributed by atoms with Crippen molar-refractivity contribution in [2.75, 3.05) is 6.54 Å². The zero-order valence-corrected chi connectivity index (χ0v) is 12.1. The molecule has 0 saturated heterocycles. The number of hydrogen-bond acceptors (Lipinski definition) is 3. The highest BCUT2D eigenvalue weighted by molar-refractivity contribution is 5.85. The number of benzene rings is 1. The highest BCUT2D eigenvalue weighted by atomic mass is 35.5. The largest absolute Gasteiger partial charge is 0.352 e. The van der Waals surface area contributed by atoms with Gasteiger partial charge in [0.25, 0.3) is 0 Å². The van der Waals surface area contributed by atoms with E-state index in [9.17, 15) is 4.79 Å². The molecular formula is C14H19ClN4O. The number of carbonyl (C=O) groups is 1. The summed E-state index contributed by atoms with van der Waals surface area (Å²) in [4.78, 5) is 11.6. The Labute approximate surface area is 124 Å². The minimum atomic E-state index is -0.163. The Kier molecular flexibility index (Phi) is 6.21. The average molecular weight is 295 g/mol. The smallest absolute Gasteiger partial charge is 0.224 e. The van der Waals surface area contributed by atoms with Crippen molar-refractivity contribution in [2.24, 2.45) is 11.7 Å². The van der Waals surface area contributed by atoms with Crippen molar-refractivity contribution in [3.8, 4) is 5.69 Å². The van der Waals surface area contributed by atoms with Crippen LogP contribution in [-0.4, -0.2) is 22.2 Å². The monoisotopic (exact) mass is 294 g/mol. The van der Waals surface area contributed by atoms with E-state index >= 15 is 0 Å². The van der Waals surface area contributed by atoms with Gasteiger partial charge in [0.15, 0.2) is 0 Å². The predicted molar refractivity (Wildman–Crippen MR) is 80.9 cm³/mol. The van der Waals surface area contributed by atoms with Crippen molar-refractivity contribution < 1.29 is 4.79 Å². The van der Waals surface area contributed by atoms with Crippen LogP contribution < -0.4 is 11.1 Å². The van der Waals surface area contributed by atoms with Gasteiger partial charge in [-0.1, -0.05) is 25.1 Å². The van der Waals surface area contributed by atoms with Crippen LogP contribution in [0.1, 0.15) is 12.5 Å². The maximum Gasteiger partial charge on any atom is 0.224 e. The van der Waals surface area contributed by atoms with E-state index in [0.717, 1.165) is 11.3 Å². The zero-order chi connectivity index (χ0) is 13.7. The fourth-order valence-electron chi connectivity index (χ4n) is 1.64. The van der Waals surface area contributed by atoms with Crippen LogP contribution in [0.15, 0.2) is 42.7 Å². The lowest BCUT2D eigenvalue weighted by Gasteiger charge is -2.08. The first kappa shape index (κ1) is 16.2. The van der Waals surface area contributed by atoms with Gasteiger partial charge < -0.3 is 11.1 Å². The van der Waals surface area contributed by atoms with Gasteiger partial charge in [-0.25, -0.2) is 4.68 Å². The van der Waals surface area contributed by atoms with E-state index in [1.54, 1.807) is 10.9 Å². The van der Waals surface area contributed by atoms with Gasteiger partial charge in [0, 0.05) is 30.8 Å². The second kappa shape index (κ2) is 7.67. The summed E-state index contributed by atoms with van der Waals surface area (Å²) in [5.41, 5.74) is 7.40. The molecule has 1 aromatic heterocycles. The second-order valence-electron chi connectivity index (χ2n) is 4.48. The predicted octanol–water partition coefficient (Wildman–Crippen LogP) is 1.51. The molecule has 2 aromatic rings. The Bertz CT molecular complexity index is 541. The molecule has 3 N–H and O–H groups in total. The van der Waals surface area contributed by atoms with Crippen LogP contribution in [0.3, 0.4) is 0 Å². The number of para-hydroxylation sites is 1. The molecule has 108 valence electrons. The van der Waals surface area contributed by atoms with Gasteiger partial charge in [-0.05, 0) is 12.1 Å². The number of halogens is 1. The normalized spacial score (nSPS) is 11.5. The minimum absolute atomic E-state index is 0. The van der Waals surface area contributed by atoms with E-state index in [4.69, 9.17) is 5.73 Å². The van der Waals surface area contributed by atoms with E-state index < -0.39 is 0 Å². The highest BCUT2D eigenvalue weighted by Gasteiger charge is 2.10. The Balaban J connectivity index is 0.00000200. The molecule has 1 unspecified atom stereocenters. The Hall–Kier alpha value is -1.85. The molecule has 0 aliphatic rings. The summed E-state index contributed by atoms with van der Waals surface area (Å²) in [7, 11) is 0. The number of nitrogens with one attached hydrogen (secondary N) is 1. The van der Waals surface area contributed by atoms with Crippen molar-refractivity contribution in [3.05, 3.63) is 48.3 Å². The first-order chi connectivity index (χ1) is 9.20. The van der Waals surface area contributed by atoms with Crippen LogP contribution in [0.2, 0.25) is 0 Å². The third-order valence-corrected chi connectivity index (χ3v) is 2.92. The lowest BCUT2D eigenvalue weighted by Crippen LogP contribution is -2.32. The van der Waals surface area contributed by atoms with E-state index in [-0.39, 0.29) is 24.2 Å². The number of nitrogens with two attached hydrogens (primary N) is 1. The number of aromatic nitrogens is 2. The molecule has 0 aliphatic carbocycles. The topological polar surface area (TPSA) is 72.9 Å². The molecule has 5 nitrogen and oxygen atoms in total. The molecule has 0 spiro atoms. The van der Waals surface area contributed by atoms with Crippen LogP contribution in [0, 0.1) is 5.92 Å². The molecule has 0 aliphatic heterocycles. The lowest BCUT2D eigenvalue weighted by molar-refractivity contribution is -0.124. The number of amides is 1. The van der Waals surface area contributed by atoms with E-state index in [1.165, 1.54) is 0 Å². The summed E-state index contributed by atoms with van der Waals surface area (Å²) >= 11 is 0. The Morgan fingerprint density at radius 1 is 1.40 bits per heavy atom. The molecule has 0 saturated carbocycles. The highest BCUT2D eigenvalue weighted by Crippen LogP contribution is 2.07. The van der Waals surface area contributed by atoms with Crippen LogP contribution in [0.4, 0.5) is 0 Å². The molecule has 0 radical (unpaired) electrons. The molecule has 6 heteroatoms. The summed E-state index contributed by atoms with van der Waals surface area (Å²) in [6, 6.07) is 9.84. The third-order valence-electron chi connectivity index (χ3n) is 2.92. The third kappa shape index (κ3) is 4.08. The number of hydrogen-bond donors (Lipinski definition) is 2. The van der Waals surface area contributed by atoms with Gasteiger partial charge in [0.1, 0.15) is 0 Å². The lowest BCUT2D eigenvalue weighted by atomic mass is 10.1. The van der Waals surface area contributed by atoms with Gasteiger partial charge >= 0.3 is 0 Å². The summed E-state index contributed by atoms with van der Waals surface area (Å²) in [6.45, 7) is 2.63. The van der Waals surface area contributed by atoms with Crippen molar-refractivity contribution in [2.45, 2.75) is 13.5 Å². The standard InChI is InChI=1S/C14H18N4O.ClH/c1-11(7-15)14(19)16-8-12-9-17-18(10-12)13-5-3-2-4-6-13;/h2-6,9-11H,7-8,15H2,1H3,(H,16,19);1H. The SMILES string of the molecule is CC(CN)C(=O)NCc1cnn(-c2ccccc2)c1.Cl. The van der Waals surface area contributed by atoms with Crippen molar-refractivity contribution in [1.82, 2.24) is 15.1 Å². The van der Waals surface area contributed by atoms with E-state index in [1.807, 2.05) is 43.5 Å². The van der Waals surface area contributed by atoms with Gasteiger partial charge in [0.05, 0.1) is 11.9 Å². The maximum absolute atomic E-state index is 11.6. The van der Waals surface area contributed by atoms with Gasteiger partial charge in [-0.2, -0.15) is 5.10 Å². The second-order valence-corrected chi connectivity index (χ2v) is 4.48. The fourth-order valence-corrected chi connectivity index (χ4v) is 1.64. The Morgan fingerprint density at radius 2 is 2.10 bits per heavy atom. The van der Waals surface area contributed by atoms with Crippen molar-refractivity contribution in [1.29, 1.82) is 0 Å². The minimum Gasteiger partial charge on any atom is -0.352 e. The van der Waals surface area contributed by atoms with Crippen molar-refractivity contribution >= 4 is 18.3 Å². The van der Waals surface area contributed by atoms with Crippen molar-refractivity contribution in [3.63, 3.8) is 0 Å². The van der Waals surface area contributed by atoms with Crippen LogP contribution in [0.25, 0.3) is 5.69 Å². The molecule has 0 bridgehead atoms. The molecule has 1 atom stereocenters. The quantitative estimate of drug-likeness (QED) is 0.878. The first-order valence-corrected chi connectivity index (χ1v) is 6.27. The maximum atomic E-state index is 11.6. The molecular weight excluding hydrogens is 276 g/mol. The molecule has 1 aromatic carbocycles. The summed E-state index contributed by atoms with van der Waals surface area (Å²) < 4.78 is 1.79. The number of rotatable bonds is 5. The van der Waals surface area contributed by atoms with E-state index in [0.29, 0.717) is 13.1 Å². The summed E-state index contributed by atoms with van der Waals surface area (Å²) in [5, 5.41) is 7.11. The first-order valence-electron chi connectivity index (χ1n) is 6.27. The fraction of sp³-hybridized carbons (Fsp3) is 0.286. The molecule has 20 heavy (non-hydrogen) atoms. The molecule has 1 amide bonds. The molecule has 1 heterocycles. The summed E-state index contributed by atoms with van der Waals surface area (Å²) in [6.07, 6.45) is 3.66. The summed E-state index contributed by atoms with van der Waals surface area (Å²) in [5.74, 6) is -0.195. The van der Waals surface area contributed by atoms with Gasteiger partial charge in [-0.3, -0.25) is 4.79 Å². The van der Waals surface area contributed by atoms with E-state index in [2.05, 4.69) is 10.4 Å². The van der Waals surface area contributed by atoms with Crippen LogP contribution >= 0.6 is 12.4 Å². The van der Waals surface area contributed by atoms with Gasteiger partial charge in [-0.15, -0.1) is 12.4 Å². The zero-order valence-electron chi connectivity index (χ0n) is 11.3. The average Bonchev–Trinajstić information content (AvgIpc) is 2.93. The molecule has 2 rings (SSSR count).